The number of rotatable bonds is 7. The van der Waals surface area contributed by atoms with E-state index in [0.717, 1.165) is 24.4 Å². The van der Waals surface area contributed by atoms with Gasteiger partial charge in [-0.2, -0.15) is 0 Å². The third-order valence-corrected chi connectivity index (χ3v) is 4.56. The summed E-state index contributed by atoms with van der Waals surface area (Å²) in [5.41, 5.74) is 1.49. The lowest BCUT2D eigenvalue weighted by molar-refractivity contribution is 0.0951. The Labute approximate surface area is 133 Å². The number of hydrogen-bond donors (Lipinski definition) is 1. The quantitative estimate of drug-likeness (QED) is 0.781. The van der Waals surface area contributed by atoms with Crippen molar-refractivity contribution >= 4 is 5.91 Å². The number of methoxy groups -OCH3 is 2. The summed E-state index contributed by atoms with van der Waals surface area (Å²) in [5.74, 6) is 2.16. The van der Waals surface area contributed by atoms with Crippen LogP contribution < -0.4 is 14.8 Å². The van der Waals surface area contributed by atoms with E-state index >= 15 is 0 Å². The molecular formula is C18H27NO3. The van der Waals surface area contributed by atoms with E-state index in [9.17, 15) is 4.79 Å². The minimum atomic E-state index is -0.0666. The molecule has 1 N–H and O–H groups in total. The molecular weight excluding hydrogens is 278 g/mol. The lowest BCUT2D eigenvalue weighted by Crippen LogP contribution is -2.25. The van der Waals surface area contributed by atoms with Crippen molar-refractivity contribution in [2.24, 2.45) is 5.92 Å². The summed E-state index contributed by atoms with van der Waals surface area (Å²) < 4.78 is 10.6. The van der Waals surface area contributed by atoms with Crippen LogP contribution in [0.5, 0.6) is 11.5 Å². The molecule has 0 aromatic heterocycles. The maximum atomic E-state index is 12.3. The summed E-state index contributed by atoms with van der Waals surface area (Å²) in [5, 5.41) is 2.99. The van der Waals surface area contributed by atoms with Gasteiger partial charge in [-0.25, -0.2) is 0 Å². The van der Waals surface area contributed by atoms with Crippen LogP contribution in [-0.2, 0) is 0 Å². The predicted octanol–water partition coefficient (Wildman–Crippen LogP) is 3.71. The fourth-order valence-corrected chi connectivity index (χ4v) is 3.21. The summed E-state index contributed by atoms with van der Waals surface area (Å²) in [6.07, 6.45) is 7.75. The molecule has 4 heteroatoms. The second kappa shape index (κ2) is 8.06. The van der Waals surface area contributed by atoms with Crippen molar-refractivity contribution in [2.75, 3.05) is 20.8 Å². The zero-order valence-electron chi connectivity index (χ0n) is 13.9. The molecule has 1 aromatic carbocycles. The number of ether oxygens (including phenoxy) is 2. The van der Waals surface area contributed by atoms with E-state index in [-0.39, 0.29) is 5.91 Å². The number of hydrogen-bond acceptors (Lipinski definition) is 3. The third kappa shape index (κ3) is 4.15. The SMILES string of the molecule is COc1cc(C(=O)NCCCC2CCCC2)cc(OC)c1C. The molecule has 1 aliphatic carbocycles. The topological polar surface area (TPSA) is 47.6 Å². The first-order valence-electron chi connectivity index (χ1n) is 8.16. The molecule has 122 valence electrons. The first-order valence-corrected chi connectivity index (χ1v) is 8.16. The second-order valence-electron chi connectivity index (χ2n) is 6.05. The average molecular weight is 305 g/mol. The first-order chi connectivity index (χ1) is 10.7. The van der Waals surface area contributed by atoms with E-state index in [1.165, 1.54) is 32.1 Å². The lowest BCUT2D eigenvalue weighted by atomic mass is 10.0. The molecule has 1 aliphatic rings. The highest BCUT2D eigenvalue weighted by molar-refractivity contribution is 5.95. The Balaban J connectivity index is 1.88. The molecule has 1 saturated carbocycles. The van der Waals surface area contributed by atoms with Crippen LogP contribution in [0.1, 0.15) is 54.4 Å². The highest BCUT2D eigenvalue weighted by atomic mass is 16.5. The molecule has 1 fully saturated rings. The zero-order valence-corrected chi connectivity index (χ0v) is 13.9. The maximum absolute atomic E-state index is 12.3. The maximum Gasteiger partial charge on any atom is 0.251 e. The molecule has 0 spiro atoms. The van der Waals surface area contributed by atoms with Crippen molar-refractivity contribution in [2.45, 2.75) is 45.4 Å². The van der Waals surface area contributed by atoms with Crippen LogP contribution >= 0.6 is 0 Å². The molecule has 0 aliphatic heterocycles. The van der Waals surface area contributed by atoms with Gasteiger partial charge in [-0.15, -0.1) is 0 Å². The lowest BCUT2D eigenvalue weighted by Gasteiger charge is -2.13. The summed E-state index contributed by atoms with van der Waals surface area (Å²) in [4.78, 5) is 12.3. The summed E-state index contributed by atoms with van der Waals surface area (Å²) in [6, 6.07) is 3.54. The van der Waals surface area contributed by atoms with Crippen LogP contribution in [0, 0.1) is 12.8 Å². The van der Waals surface area contributed by atoms with Crippen molar-refractivity contribution < 1.29 is 14.3 Å². The van der Waals surface area contributed by atoms with Gasteiger partial charge in [-0.3, -0.25) is 4.79 Å². The minimum absolute atomic E-state index is 0.0666. The van der Waals surface area contributed by atoms with Crippen molar-refractivity contribution in [1.29, 1.82) is 0 Å². The van der Waals surface area contributed by atoms with Gasteiger partial charge in [-0.1, -0.05) is 25.7 Å². The van der Waals surface area contributed by atoms with Crippen molar-refractivity contribution in [3.05, 3.63) is 23.3 Å². The number of carbonyl (C=O) groups is 1. The van der Waals surface area contributed by atoms with E-state index in [1.807, 2.05) is 6.92 Å². The molecule has 0 bridgehead atoms. The van der Waals surface area contributed by atoms with Gasteiger partial charge in [0.25, 0.3) is 5.91 Å². The Morgan fingerprint density at radius 1 is 1.18 bits per heavy atom. The summed E-state index contributed by atoms with van der Waals surface area (Å²) in [6.45, 7) is 2.65. The van der Waals surface area contributed by atoms with Gasteiger partial charge in [-0.05, 0) is 37.8 Å². The van der Waals surface area contributed by atoms with Crippen molar-refractivity contribution in [3.8, 4) is 11.5 Å². The number of carbonyl (C=O) groups excluding carboxylic acids is 1. The van der Waals surface area contributed by atoms with E-state index in [2.05, 4.69) is 5.32 Å². The Morgan fingerprint density at radius 2 is 1.77 bits per heavy atom. The van der Waals surface area contributed by atoms with E-state index < -0.39 is 0 Å². The molecule has 0 radical (unpaired) electrons. The third-order valence-electron chi connectivity index (χ3n) is 4.56. The van der Waals surface area contributed by atoms with Crippen LogP contribution in [0.4, 0.5) is 0 Å². The van der Waals surface area contributed by atoms with Crippen LogP contribution in [-0.4, -0.2) is 26.7 Å². The Morgan fingerprint density at radius 3 is 2.32 bits per heavy atom. The molecule has 0 saturated heterocycles. The number of nitrogens with one attached hydrogen (secondary N) is 1. The standard InChI is InChI=1S/C18H27NO3/c1-13-16(21-2)11-15(12-17(13)22-3)18(20)19-10-6-9-14-7-4-5-8-14/h11-12,14H,4-10H2,1-3H3,(H,19,20). The van der Waals surface area contributed by atoms with Crippen LogP contribution in [0.2, 0.25) is 0 Å². The molecule has 0 unspecified atom stereocenters. The van der Waals surface area contributed by atoms with Crippen LogP contribution in [0.15, 0.2) is 12.1 Å². The van der Waals surface area contributed by atoms with Gasteiger partial charge in [0.15, 0.2) is 0 Å². The molecule has 0 heterocycles. The van der Waals surface area contributed by atoms with Crippen LogP contribution in [0.3, 0.4) is 0 Å². The summed E-state index contributed by atoms with van der Waals surface area (Å²) in [7, 11) is 3.20. The van der Waals surface area contributed by atoms with Gasteiger partial charge < -0.3 is 14.8 Å². The van der Waals surface area contributed by atoms with E-state index in [4.69, 9.17) is 9.47 Å². The molecule has 0 atom stereocenters. The van der Waals surface area contributed by atoms with E-state index in [0.29, 0.717) is 17.1 Å². The Bertz CT molecular complexity index is 482. The Hall–Kier alpha value is -1.71. The van der Waals surface area contributed by atoms with Gasteiger partial charge in [0.05, 0.1) is 14.2 Å². The highest BCUT2D eigenvalue weighted by Crippen LogP contribution is 2.30. The average Bonchev–Trinajstić information content (AvgIpc) is 3.05. The highest BCUT2D eigenvalue weighted by Gasteiger charge is 2.15. The van der Waals surface area contributed by atoms with Crippen molar-refractivity contribution in [1.82, 2.24) is 5.32 Å². The Kier molecular flexibility index (Phi) is 6.10. The fraction of sp³-hybridized carbons (Fsp3) is 0.611. The van der Waals surface area contributed by atoms with Gasteiger partial charge in [0.2, 0.25) is 0 Å². The fourth-order valence-electron chi connectivity index (χ4n) is 3.21. The largest absolute Gasteiger partial charge is 0.496 e. The second-order valence-corrected chi connectivity index (χ2v) is 6.05. The molecule has 22 heavy (non-hydrogen) atoms. The first kappa shape index (κ1) is 16.7. The van der Waals surface area contributed by atoms with Crippen molar-refractivity contribution in [3.63, 3.8) is 0 Å². The monoisotopic (exact) mass is 305 g/mol. The number of benzene rings is 1. The van der Waals surface area contributed by atoms with E-state index in [1.54, 1.807) is 26.4 Å². The predicted molar refractivity (Wildman–Crippen MR) is 87.8 cm³/mol. The zero-order chi connectivity index (χ0) is 15.9. The molecule has 1 aromatic rings. The van der Waals surface area contributed by atoms with Gasteiger partial charge >= 0.3 is 0 Å². The van der Waals surface area contributed by atoms with Crippen LogP contribution in [0.25, 0.3) is 0 Å². The molecule has 1 amide bonds. The van der Waals surface area contributed by atoms with Gasteiger partial charge in [0.1, 0.15) is 11.5 Å². The van der Waals surface area contributed by atoms with Gasteiger partial charge in [0, 0.05) is 17.7 Å². The smallest absolute Gasteiger partial charge is 0.251 e. The molecule has 4 nitrogen and oxygen atoms in total. The minimum Gasteiger partial charge on any atom is -0.496 e. The normalized spacial score (nSPS) is 14.9. The summed E-state index contributed by atoms with van der Waals surface area (Å²) >= 11 is 0. The molecule has 2 rings (SSSR count). The number of amides is 1.